The summed E-state index contributed by atoms with van der Waals surface area (Å²) in [6.45, 7) is 7.44. The number of ether oxygens (including phenoxy) is 2. The highest BCUT2D eigenvalue weighted by Crippen LogP contribution is 2.33. The molecule has 0 radical (unpaired) electrons. The third-order valence-corrected chi connectivity index (χ3v) is 5.37. The number of nitrogens with zero attached hydrogens (tertiary/aromatic N) is 2. The maximum absolute atomic E-state index is 13.2. The molecule has 0 aliphatic carbocycles. The molecular formula is C25H29N3O3. The first-order valence-corrected chi connectivity index (χ1v) is 10.7. The first kappa shape index (κ1) is 21.0. The van der Waals surface area contributed by atoms with E-state index in [0.717, 1.165) is 29.8 Å². The first-order valence-electron chi connectivity index (χ1n) is 10.7. The van der Waals surface area contributed by atoms with Crippen molar-refractivity contribution >= 4 is 5.91 Å². The van der Waals surface area contributed by atoms with Crippen molar-refractivity contribution < 1.29 is 14.3 Å². The van der Waals surface area contributed by atoms with Crippen LogP contribution in [0.25, 0.3) is 11.3 Å². The minimum absolute atomic E-state index is 0.0657. The predicted octanol–water partition coefficient (Wildman–Crippen LogP) is 4.26. The van der Waals surface area contributed by atoms with Crippen LogP contribution in [0.1, 0.15) is 35.3 Å². The van der Waals surface area contributed by atoms with Crippen molar-refractivity contribution in [2.45, 2.75) is 39.8 Å². The molecule has 31 heavy (non-hydrogen) atoms. The van der Waals surface area contributed by atoms with E-state index >= 15 is 0 Å². The summed E-state index contributed by atoms with van der Waals surface area (Å²) >= 11 is 0. The van der Waals surface area contributed by atoms with E-state index in [1.54, 1.807) is 7.11 Å². The second-order valence-electron chi connectivity index (χ2n) is 8.47. The Bertz CT molecular complexity index is 1060. The molecule has 1 aliphatic rings. The predicted molar refractivity (Wildman–Crippen MR) is 121 cm³/mol. The Labute approximate surface area is 183 Å². The van der Waals surface area contributed by atoms with Gasteiger partial charge < -0.3 is 14.8 Å². The highest BCUT2D eigenvalue weighted by atomic mass is 16.5. The SMILES string of the molecule is COc1ccc(C)cc1-c1nn(CC(C)C)cc1C(=O)NC[C@@H]1Cc2ccccc2O1. The number of benzene rings is 2. The molecule has 6 heteroatoms. The Kier molecular flexibility index (Phi) is 5.98. The van der Waals surface area contributed by atoms with Gasteiger partial charge in [0.15, 0.2) is 0 Å². The normalized spacial score (nSPS) is 14.9. The summed E-state index contributed by atoms with van der Waals surface area (Å²) in [6, 6.07) is 13.9. The fraction of sp³-hybridized carbons (Fsp3) is 0.360. The lowest BCUT2D eigenvalue weighted by molar-refractivity contribution is 0.0934. The van der Waals surface area contributed by atoms with Gasteiger partial charge in [-0.05, 0) is 36.6 Å². The van der Waals surface area contributed by atoms with Crippen LogP contribution in [0.3, 0.4) is 0 Å². The molecule has 1 N–H and O–H groups in total. The van der Waals surface area contributed by atoms with Gasteiger partial charge in [-0.3, -0.25) is 9.48 Å². The Hall–Kier alpha value is -3.28. The molecule has 6 nitrogen and oxygen atoms in total. The zero-order chi connectivity index (χ0) is 22.0. The summed E-state index contributed by atoms with van der Waals surface area (Å²) < 4.78 is 13.4. The second kappa shape index (κ2) is 8.84. The van der Waals surface area contributed by atoms with Crippen LogP contribution in [0.4, 0.5) is 0 Å². The molecule has 1 atom stereocenters. The Morgan fingerprint density at radius 3 is 2.84 bits per heavy atom. The molecule has 1 amide bonds. The first-order chi connectivity index (χ1) is 14.9. The second-order valence-corrected chi connectivity index (χ2v) is 8.47. The lowest BCUT2D eigenvalue weighted by Gasteiger charge is -2.13. The van der Waals surface area contributed by atoms with Gasteiger partial charge in [0.25, 0.3) is 5.91 Å². The van der Waals surface area contributed by atoms with Gasteiger partial charge in [0, 0.05) is 24.7 Å². The van der Waals surface area contributed by atoms with Crippen LogP contribution in [0.15, 0.2) is 48.7 Å². The van der Waals surface area contributed by atoms with Crippen molar-refractivity contribution in [2.75, 3.05) is 13.7 Å². The Morgan fingerprint density at radius 2 is 2.10 bits per heavy atom. The van der Waals surface area contributed by atoms with E-state index in [-0.39, 0.29) is 12.0 Å². The molecule has 162 valence electrons. The summed E-state index contributed by atoms with van der Waals surface area (Å²) in [5, 5.41) is 7.79. The van der Waals surface area contributed by atoms with Crippen LogP contribution in [0.5, 0.6) is 11.5 Å². The summed E-state index contributed by atoms with van der Waals surface area (Å²) in [6.07, 6.45) is 2.56. The van der Waals surface area contributed by atoms with Crippen molar-refractivity contribution in [3.63, 3.8) is 0 Å². The standard InChI is InChI=1S/C25H29N3O3/c1-16(2)14-28-15-21(24(27-28)20-11-17(3)9-10-23(20)30-4)25(29)26-13-19-12-18-7-5-6-8-22(18)31-19/h5-11,15-16,19H,12-14H2,1-4H3,(H,26,29)/t19-/m0/s1. The molecule has 1 aromatic heterocycles. The van der Waals surface area contributed by atoms with Crippen LogP contribution >= 0.6 is 0 Å². The van der Waals surface area contributed by atoms with Crippen LogP contribution in [0.2, 0.25) is 0 Å². The summed E-state index contributed by atoms with van der Waals surface area (Å²) in [5.74, 6) is 1.85. The number of aromatic nitrogens is 2. The van der Waals surface area contributed by atoms with E-state index in [2.05, 4.69) is 25.2 Å². The smallest absolute Gasteiger partial charge is 0.255 e. The molecule has 0 unspecified atom stereocenters. The molecule has 2 heterocycles. The average Bonchev–Trinajstić information content (AvgIpc) is 3.35. The van der Waals surface area contributed by atoms with E-state index in [0.29, 0.717) is 29.5 Å². The number of para-hydroxylation sites is 1. The molecule has 3 aromatic rings. The van der Waals surface area contributed by atoms with Gasteiger partial charge in [-0.15, -0.1) is 0 Å². The molecule has 0 fully saturated rings. The number of hydrogen-bond donors (Lipinski definition) is 1. The molecular weight excluding hydrogens is 390 g/mol. The molecule has 0 bridgehead atoms. The van der Waals surface area contributed by atoms with Crippen molar-refractivity contribution in [3.05, 3.63) is 65.4 Å². The number of hydrogen-bond acceptors (Lipinski definition) is 4. The summed E-state index contributed by atoms with van der Waals surface area (Å²) in [7, 11) is 1.63. The number of methoxy groups -OCH3 is 1. The maximum Gasteiger partial charge on any atom is 0.255 e. The van der Waals surface area contributed by atoms with E-state index < -0.39 is 0 Å². The van der Waals surface area contributed by atoms with Gasteiger partial charge in [0.1, 0.15) is 23.3 Å². The largest absolute Gasteiger partial charge is 0.496 e. The fourth-order valence-electron chi connectivity index (χ4n) is 3.93. The minimum atomic E-state index is -0.159. The van der Waals surface area contributed by atoms with Gasteiger partial charge >= 0.3 is 0 Å². The average molecular weight is 420 g/mol. The molecule has 2 aromatic carbocycles. The number of amides is 1. The lowest BCUT2D eigenvalue weighted by atomic mass is 10.0. The number of rotatable bonds is 7. The van der Waals surface area contributed by atoms with Gasteiger partial charge in [0.05, 0.1) is 19.2 Å². The van der Waals surface area contributed by atoms with E-state index in [1.165, 1.54) is 5.56 Å². The van der Waals surface area contributed by atoms with Crippen molar-refractivity contribution in [2.24, 2.45) is 5.92 Å². The van der Waals surface area contributed by atoms with E-state index in [1.807, 2.05) is 54.2 Å². The van der Waals surface area contributed by atoms with Crippen LogP contribution in [0, 0.1) is 12.8 Å². The Balaban J connectivity index is 1.57. The quantitative estimate of drug-likeness (QED) is 0.622. The molecule has 4 rings (SSSR count). The Morgan fingerprint density at radius 1 is 1.29 bits per heavy atom. The van der Waals surface area contributed by atoms with Gasteiger partial charge in [-0.1, -0.05) is 43.7 Å². The molecule has 0 saturated heterocycles. The van der Waals surface area contributed by atoms with Crippen molar-refractivity contribution in [3.8, 4) is 22.8 Å². The van der Waals surface area contributed by atoms with Gasteiger partial charge in [-0.25, -0.2) is 0 Å². The number of fused-ring (bicyclic) bond motifs is 1. The van der Waals surface area contributed by atoms with Gasteiger partial charge in [0.2, 0.25) is 0 Å². The van der Waals surface area contributed by atoms with Crippen LogP contribution < -0.4 is 14.8 Å². The van der Waals surface area contributed by atoms with Crippen LogP contribution in [-0.4, -0.2) is 35.4 Å². The zero-order valence-electron chi connectivity index (χ0n) is 18.5. The monoisotopic (exact) mass is 419 g/mol. The van der Waals surface area contributed by atoms with Gasteiger partial charge in [-0.2, -0.15) is 5.10 Å². The zero-order valence-corrected chi connectivity index (χ0v) is 18.5. The molecule has 0 spiro atoms. The summed E-state index contributed by atoms with van der Waals surface area (Å²) in [4.78, 5) is 13.2. The minimum Gasteiger partial charge on any atom is -0.496 e. The number of carbonyl (C=O) groups is 1. The maximum atomic E-state index is 13.2. The van der Waals surface area contributed by atoms with Crippen molar-refractivity contribution in [1.29, 1.82) is 0 Å². The number of nitrogens with one attached hydrogen (secondary N) is 1. The molecule has 0 saturated carbocycles. The topological polar surface area (TPSA) is 65.4 Å². The van der Waals surface area contributed by atoms with Crippen LogP contribution in [-0.2, 0) is 13.0 Å². The fourth-order valence-corrected chi connectivity index (χ4v) is 3.93. The molecule has 1 aliphatic heterocycles. The number of carbonyl (C=O) groups excluding carboxylic acids is 1. The third-order valence-electron chi connectivity index (χ3n) is 5.37. The third kappa shape index (κ3) is 4.58. The number of aryl methyl sites for hydroxylation is 1. The van der Waals surface area contributed by atoms with E-state index in [9.17, 15) is 4.79 Å². The lowest BCUT2D eigenvalue weighted by Crippen LogP contribution is -2.34. The summed E-state index contributed by atoms with van der Waals surface area (Å²) in [5.41, 5.74) is 4.25. The van der Waals surface area contributed by atoms with E-state index in [4.69, 9.17) is 14.6 Å². The highest BCUT2D eigenvalue weighted by molar-refractivity contribution is 6.00. The highest BCUT2D eigenvalue weighted by Gasteiger charge is 2.25. The van der Waals surface area contributed by atoms with Crippen molar-refractivity contribution in [1.82, 2.24) is 15.1 Å².